The Labute approximate surface area is 119 Å². The van der Waals surface area contributed by atoms with E-state index in [1.807, 2.05) is 0 Å². The molecular formula is C11H12ClF3N2O2S. The Bertz CT molecular complexity index is 615. The molecule has 1 aromatic carbocycles. The zero-order chi connectivity index (χ0) is 15.1. The topological polar surface area (TPSA) is 63.4 Å². The summed E-state index contributed by atoms with van der Waals surface area (Å²) in [6.45, 7) is -1.50. The third-order valence-electron chi connectivity index (χ3n) is 2.86. The van der Waals surface area contributed by atoms with Crippen LogP contribution in [-0.2, 0) is 10.0 Å². The molecule has 0 aliphatic heterocycles. The Hall–Kier alpha value is -0.990. The first kappa shape index (κ1) is 15.4. The molecule has 4 nitrogen and oxygen atoms in total. The highest BCUT2D eigenvalue weighted by atomic mass is 35.5. The van der Waals surface area contributed by atoms with Crippen LogP contribution in [0.5, 0.6) is 0 Å². The van der Waals surface area contributed by atoms with Crippen LogP contribution in [0, 0.1) is 0 Å². The van der Waals surface area contributed by atoms with E-state index in [1.165, 1.54) is 6.07 Å². The van der Waals surface area contributed by atoms with Crippen LogP contribution in [0.1, 0.15) is 12.8 Å². The SMILES string of the molecule is Nc1cc(S(=O)(=O)N(CC(F)(F)F)C2CC2)ccc1Cl. The largest absolute Gasteiger partial charge is 0.402 e. The molecule has 1 fully saturated rings. The van der Waals surface area contributed by atoms with E-state index in [9.17, 15) is 21.6 Å². The van der Waals surface area contributed by atoms with Crippen LogP contribution < -0.4 is 5.73 Å². The van der Waals surface area contributed by atoms with Crippen molar-refractivity contribution in [2.24, 2.45) is 0 Å². The highest BCUT2D eigenvalue weighted by Gasteiger charge is 2.44. The first-order valence-corrected chi connectivity index (χ1v) is 7.57. The fourth-order valence-corrected chi connectivity index (χ4v) is 3.59. The Kier molecular flexibility index (Phi) is 3.92. The van der Waals surface area contributed by atoms with Crippen molar-refractivity contribution in [1.82, 2.24) is 4.31 Å². The molecule has 0 unspecified atom stereocenters. The molecule has 0 heterocycles. The maximum Gasteiger partial charge on any atom is 0.402 e. The van der Waals surface area contributed by atoms with Gasteiger partial charge in [0.25, 0.3) is 0 Å². The lowest BCUT2D eigenvalue weighted by Crippen LogP contribution is -2.40. The Morgan fingerprint density at radius 2 is 1.95 bits per heavy atom. The average molecular weight is 329 g/mol. The number of hydrogen-bond donors (Lipinski definition) is 1. The number of benzene rings is 1. The number of anilines is 1. The normalized spacial score (nSPS) is 16.6. The van der Waals surface area contributed by atoms with Crippen LogP contribution in [0.2, 0.25) is 5.02 Å². The Morgan fingerprint density at radius 3 is 2.40 bits per heavy atom. The number of nitrogen functional groups attached to an aromatic ring is 1. The lowest BCUT2D eigenvalue weighted by atomic mass is 10.3. The van der Waals surface area contributed by atoms with Gasteiger partial charge in [0.15, 0.2) is 0 Å². The maximum atomic E-state index is 12.5. The zero-order valence-electron chi connectivity index (χ0n) is 10.2. The molecule has 112 valence electrons. The Morgan fingerprint density at radius 1 is 1.35 bits per heavy atom. The summed E-state index contributed by atoms with van der Waals surface area (Å²) in [4.78, 5) is -0.282. The van der Waals surface area contributed by atoms with Crippen LogP contribution in [0.15, 0.2) is 23.1 Å². The van der Waals surface area contributed by atoms with Gasteiger partial charge in [0.2, 0.25) is 10.0 Å². The second-order valence-corrected chi connectivity index (χ2v) is 6.88. The minimum absolute atomic E-state index is 0.00972. The van der Waals surface area contributed by atoms with Gasteiger partial charge in [-0.05, 0) is 31.0 Å². The lowest BCUT2D eigenvalue weighted by Gasteiger charge is -2.23. The summed E-state index contributed by atoms with van der Waals surface area (Å²) in [6, 6.07) is 2.88. The van der Waals surface area contributed by atoms with Gasteiger partial charge in [-0.1, -0.05) is 11.6 Å². The van der Waals surface area contributed by atoms with Gasteiger partial charge in [0.1, 0.15) is 6.54 Å². The Balaban J connectivity index is 2.37. The maximum absolute atomic E-state index is 12.5. The second-order valence-electron chi connectivity index (χ2n) is 4.58. The van der Waals surface area contributed by atoms with Gasteiger partial charge in [-0.3, -0.25) is 0 Å². The van der Waals surface area contributed by atoms with E-state index in [2.05, 4.69) is 0 Å². The smallest absolute Gasteiger partial charge is 0.397 e. The van der Waals surface area contributed by atoms with Crippen molar-refractivity contribution in [3.8, 4) is 0 Å². The summed E-state index contributed by atoms with van der Waals surface area (Å²) < 4.78 is 62.6. The van der Waals surface area contributed by atoms with Crippen molar-refractivity contribution in [1.29, 1.82) is 0 Å². The van der Waals surface area contributed by atoms with Gasteiger partial charge in [0.05, 0.1) is 15.6 Å². The van der Waals surface area contributed by atoms with Crippen molar-refractivity contribution in [3.63, 3.8) is 0 Å². The third-order valence-corrected chi connectivity index (χ3v) is 5.10. The number of nitrogens with zero attached hydrogens (tertiary/aromatic N) is 1. The molecular weight excluding hydrogens is 317 g/mol. The molecule has 0 spiro atoms. The molecule has 0 radical (unpaired) electrons. The summed E-state index contributed by atoms with van der Waals surface area (Å²) in [7, 11) is -4.24. The fourth-order valence-electron chi connectivity index (χ4n) is 1.77. The number of halogens is 4. The number of alkyl halides is 3. The molecule has 1 saturated carbocycles. The summed E-state index contributed by atoms with van der Waals surface area (Å²) in [6.07, 6.45) is -3.73. The standard InChI is InChI=1S/C11H12ClF3N2O2S/c12-9-4-3-8(5-10(9)16)20(18,19)17(7-1-2-7)6-11(13,14)15/h3-5,7H,1-2,6,16H2. The van der Waals surface area contributed by atoms with Crippen LogP contribution in [0.4, 0.5) is 18.9 Å². The van der Waals surface area contributed by atoms with Crippen molar-refractivity contribution < 1.29 is 21.6 Å². The number of sulfonamides is 1. The number of nitrogens with two attached hydrogens (primary N) is 1. The minimum atomic E-state index is -4.59. The first-order valence-electron chi connectivity index (χ1n) is 5.75. The monoisotopic (exact) mass is 328 g/mol. The molecule has 0 amide bonds. The van der Waals surface area contributed by atoms with E-state index in [4.69, 9.17) is 17.3 Å². The minimum Gasteiger partial charge on any atom is -0.397 e. The molecule has 1 aliphatic carbocycles. The third kappa shape index (κ3) is 3.36. The van der Waals surface area contributed by atoms with Gasteiger partial charge in [-0.15, -0.1) is 0 Å². The van der Waals surface area contributed by atoms with Crippen molar-refractivity contribution in [2.45, 2.75) is 30.0 Å². The highest BCUT2D eigenvalue weighted by molar-refractivity contribution is 7.89. The zero-order valence-corrected chi connectivity index (χ0v) is 11.8. The lowest BCUT2D eigenvalue weighted by molar-refractivity contribution is -0.137. The van der Waals surface area contributed by atoms with E-state index in [-0.39, 0.29) is 15.6 Å². The summed E-state index contributed by atoms with van der Waals surface area (Å²) >= 11 is 5.68. The van der Waals surface area contributed by atoms with Gasteiger partial charge >= 0.3 is 6.18 Å². The van der Waals surface area contributed by atoms with Gasteiger partial charge < -0.3 is 5.73 Å². The molecule has 2 rings (SSSR count). The molecule has 0 saturated heterocycles. The summed E-state index contributed by atoms with van der Waals surface area (Å²) in [5, 5.41) is 0.151. The number of hydrogen-bond acceptors (Lipinski definition) is 3. The van der Waals surface area contributed by atoms with Crippen LogP contribution >= 0.6 is 11.6 Å². The molecule has 2 N–H and O–H groups in total. The summed E-state index contributed by atoms with van der Waals surface area (Å²) in [5.74, 6) is 0. The average Bonchev–Trinajstić information content (AvgIpc) is 3.12. The molecule has 1 aromatic rings. The van der Waals surface area contributed by atoms with Crippen LogP contribution in [-0.4, -0.2) is 31.5 Å². The predicted octanol–water partition coefficient (Wildman–Crippen LogP) is 2.64. The molecule has 0 bridgehead atoms. The van der Waals surface area contributed by atoms with Gasteiger partial charge in [-0.2, -0.15) is 17.5 Å². The predicted molar refractivity (Wildman–Crippen MR) is 68.8 cm³/mol. The quantitative estimate of drug-likeness (QED) is 0.864. The van der Waals surface area contributed by atoms with Crippen LogP contribution in [0.3, 0.4) is 0 Å². The molecule has 20 heavy (non-hydrogen) atoms. The van der Waals surface area contributed by atoms with Gasteiger partial charge in [-0.25, -0.2) is 8.42 Å². The second kappa shape index (κ2) is 5.09. The molecule has 0 aromatic heterocycles. The van der Waals surface area contributed by atoms with E-state index in [1.54, 1.807) is 0 Å². The van der Waals surface area contributed by atoms with E-state index >= 15 is 0 Å². The van der Waals surface area contributed by atoms with Crippen molar-refractivity contribution in [3.05, 3.63) is 23.2 Å². The highest BCUT2D eigenvalue weighted by Crippen LogP contribution is 2.35. The van der Waals surface area contributed by atoms with Crippen molar-refractivity contribution >= 4 is 27.3 Å². The summed E-state index contributed by atoms with van der Waals surface area (Å²) in [5.41, 5.74) is 5.51. The van der Waals surface area contributed by atoms with Crippen molar-refractivity contribution in [2.75, 3.05) is 12.3 Å². The first-order chi connectivity index (χ1) is 9.11. The van der Waals surface area contributed by atoms with E-state index in [0.29, 0.717) is 17.1 Å². The van der Waals surface area contributed by atoms with E-state index in [0.717, 1.165) is 12.1 Å². The molecule has 0 atom stereocenters. The number of rotatable bonds is 4. The van der Waals surface area contributed by atoms with Crippen LogP contribution in [0.25, 0.3) is 0 Å². The van der Waals surface area contributed by atoms with Gasteiger partial charge in [0, 0.05) is 6.04 Å². The van der Waals surface area contributed by atoms with E-state index < -0.39 is 28.8 Å². The fraction of sp³-hybridized carbons (Fsp3) is 0.455. The molecule has 9 heteroatoms. The molecule has 1 aliphatic rings.